The van der Waals surface area contributed by atoms with E-state index in [2.05, 4.69) is 0 Å². The molecule has 29 heavy (non-hydrogen) atoms. The van der Waals surface area contributed by atoms with Crippen LogP contribution in [0.25, 0.3) is 11.0 Å². The molecule has 158 valence electrons. The van der Waals surface area contributed by atoms with Gasteiger partial charge in [0.15, 0.2) is 16.4 Å². The number of carbonyl (C=O) groups is 1. The van der Waals surface area contributed by atoms with Crippen molar-refractivity contribution >= 4 is 26.7 Å². The van der Waals surface area contributed by atoms with Gasteiger partial charge in [0.2, 0.25) is 0 Å². The Morgan fingerprint density at radius 3 is 2.62 bits per heavy atom. The average molecular weight is 422 g/mol. The second-order valence-corrected chi connectivity index (χ2v) is 10.4. The largest absolute Gasteiger partial charge is 0.483 e. The summed E-state index contributed by atoms with van der Waals surface area (Å²) in [6.07, 6.45) is 0.457. The second kappa shape index (κ2) is 8.18. The SMILES string of the molecule is Cc1cc(OCC(=O)N(CC(C)C)[C@@H]2CCS(=O)(=O)C2)c2c(C)cc(=O)oc2c1. The molecule has 1 atom stereocenters. The Hall–Kier alpha value is -2.35. The summed E-state index contributed by atoms with van der Waals surface area (Å²) in [6, 6.07) is 4.64. The van der Waals surface area contributed by atoms with Gasteiger partial charge >= 0.3 is 5.63 Å². The van der Waals surface area contributed by atoms with Crippen LogP contribution in [0.2, 0.25) is 0 Å². The Labute approximate surface area is 170 Å². The number of ether oxygens (including phenoxy) is 1. The summed E-state index contributed by atoms with van der Waals surface area (Å²) in [5.41, 5.74) is 1.53. The molecular weight excluding hydrogens is 394 g/mol. The van der Waals surface area contributed by atoms with Crippen molar-refractivity contribution in [3.8, 4) is 5.75 Å². The van der Waals surface area contributed by atoms with Gasteiger partial charge in [-0.3, -0.25) is 4.79 Å². The monoisotopic (exact) mass is 421 g/mol. The number of fused-ring (bicyclic) bond motifs is 1. The van der Waals surface area contributed by atoms with Crippen LogP contribution in [-0.2, 0) is 14.6 Å². The molecule has 1 aliphatic rings. The number of rotatable bonds is 6. The van der Waals surface area contributed by atoms with Crippen molar-refractivity contribution in [1.82, 2.24) is 4.90 Å². The molecule has 1 aliphatic heterocycles. The number of amides is 1. The fourth-order valence-corrected chi connectivity index (χ4v) is 5.51. The molecule has 1 amide bonds. The molecule has 8 heteroatoms. The van der Waals surface area contributed by atoms with Crippen LogP contribution in [0.4, 0.5) is 0 Å². The van der Waals surface area contributed by atoms with Gasteiger partial charge in [-0.2, -0.15) is 0 Å². The van der Waals surface area contributed by atoms with Crippen LogP contribution in [-0.4, -0.2) is 49.9 Å². The molecule has 0 bridgehead atoms. The highest BCUT2D eigenvalue weighted by molar-refractivity contribution is 7.91. The summed E-state index contributed by atoms with van der Waals surface area (Å²) in [6.45, 7) is 7.89. The van der Waals surface area contributed by atoms with E-state index in [0.717, 1.165) is 5.56 Å². The summed E-state index contributed by atoms with van der Waals surface area (Å²) in [5, 5.41) is 0.654. The van der Waals surface area contributed by atoms with E-state index >= 15 is 0 Å². The van der Waals surface area contributed by atoms with Crippen molar-refractivity contribution in [3.63, 3.8) is 0 Å². The van der Waals surface area contributed by atoms with Gasteiger partial charge < -0.3 is 14.1 Å². The van der Waals surface area contributed by atoms with E-state index in [1.807, 2.05) is 20.8 Å². The Bertz CT molecular complexity index is 1090. The maximum Gasteiger partial charge on any atom is 0.336 e. The van der Waals surface area contributed by atoms with Gasteiger partial charge in [0.1, 0.15) is 11.3 Å². The lowest BCUT2D eigenvalue weighted by molar-refractivity contribution is -0.135. The van der Waals surface area contributed by atoms with Gasteiger partial charge in [-0.05, 0) is 49.4 Å². The van der Waals surface area contributed by atoms with Crippen LogP contribution < -0.4 is 10.4 Å². The molecule has 0 N–H and O–H groups in total. The van der Waals surface area contributed by atoms with E-state index in [-0.39, 0.29) is 36.0 Å². The maximum atomic E-state index is 12.9. The molecule has 0 aliphatic carbocycles. The molecule has 2 aromatic rings. The molecule has 0 unspecified atom stereocenters. The lowest BCUT2D eigenvalue weighted by atomic mass is 10.1. The smallest absolute Gasteiger partial charge is 0.336 e. The second-order valence-electron chi connectivity index (χ2n) is 8.17. The molecule has 0 spiro atoms. The average Bonchev–Trinajstić information content (AvgIpc) is 2.95. The third kappa shape index (κ3) is 4.98. The normalized spacial score (nSPS) is 18.3. The number of carbonyl (C=O) groups excluding carboxylic acids is 1. The van der Waals surface area contributed by atoms with Crippen molar-refractivity contribution < 1.29 is 22.4 Å². The molecule has 3 rings (SSSR count). The van der Waals surface area contributed by atoms with Crippen LogP contribution in [0.3, 0.4) is 0 Å². The maximum absolute atomic E-state index is 12.9. The minimum atomic E-state index is -3.10. The zero-order valence-corrected chi connectivity index (χ0v) is 18.0. The standard InChI is InChI=1S/C21H27NO6S/c1-13(2)10-22(16-5-6-29(25,26)12-16)19(23)11-27-17-7-14(3)8-18-21(17)15(4)9-20(24)28-18/h7-9,13,16H,5-6,10-12H2,1-4H3/t16-/m1/s1. The van der Waals surface area contributed by atoms with E-state index < -0.39 is 15.5 Å². The van der Waals surface area contributed by atoms with Crippen molar-refractivity contribution in [2.24, 2.45) is 5.92 Å². The summed E-state index contributed by atoms with van der Waals surface area (Å²) >= 11 is 0. The molecule has 2 heterocycles. The van der Waals surface area contributed by atoms with Gasteiger partial charge in [-0.25, -0.2) is 13.2 Å². The van der Waals surface area contributed by atoms with Crippen molar-refractivity contribution in [2.75, 3.05) is 24.7 Å². The molecular formula is C21H27NO6S. The van der Waals surface area contributed by atoms with Gasteiger partial charge in [-0.15, -0.1) is 0 Å². The van der Waals surface area contributed by atoms with Crippen LogP contribution in [0.1, 0.15) is 31.4 Å². The predicted octanol–water partition coefficient (Wildman–Crippen LogP) is 2.46. The zero-order valence-electron chi connectivity index (χ0n) is 17.2. The van der Waals surface area contributed by atoms with E-state index in [4.69, 9.17) is 9.15 Å². The molecule has 0 radical (unpaired) electrons. The highest BCUT2D eigenvalue weighted by Crippen LogP contribution is 2.29. The quantitative estimate of drug-likeness (QED) is 0.665. The summed E-state index contributed by atoms with van der Waals surface area (Å²) in [5.74, 6) is 0.548. The number of hydrogen-bond donors (Lipinski definition) is 0. The number of sulfone groups is 1. The number of benzene rings is 1. The number of hydrogen-bond acceptors (Lipinski definition) is 6. The molecule has 1 fully saturated rings. The molecule has 7 nitrogen and oxygen atoms in total. The first-order valence-electron chi connectivity index (χ1n) is 9.73. The lowest BCUT2D eigenvalue weighted by Gasteiger charge is -2.30. The van der Waals surface area contributed by atoms with Crippen LogP contribution in [0, 0.1) is 19.8 Å². The van der Waals surface area contributed by atoms with Gasteiger partial charge in [-0.1, -0.05) is 13.8 Å². The third-order valence-electron chi connectivity index (χ3n) is 5.03. The van der Waals surface area contributed by atoms with Gasteiger partial charge in [0, 0.05) is 18.7 Å². The van der Waals surface area contributed by atoms with Crippen LogP contribution >= 0.6 is 0 Å². The van der Waals surface area contributed by atoms with Crippen LogP contribution in [0.15, 0.2) is 27.4 Å². The first kappa shape index (κ1) is 21.4. The predicted molar refractivity (Wildman–Crippen MR) is 111 cm³/mol. The van der Waals surface area contributed by atoms with E-state index in [1.165, 1.54) is 6.07 Å². The summed E-state index contributed by atoms with van der Waals surface area (Å²) < 4.78 is 34.9. The Kier molecular flexibility index (Phi) is 6.03. The highest BCUT2D eigenvalue weighted by atomic mass is 32.2. The van der Waals surface area contributed by atoms with E-state index in [0.29, 0.717) is 35.2 Å². The molecule has 1 aromatic carbocycles. The first-order chi connectivity index (χ1) is 13.6. The molecule has 0 saturated carbocycles. The molecule has 1 aromatic heterocycles. The van der Waals surface area contributed by atoms with Gasteiger partial charge in [0.05, 0.1) is 16.9 Å². The van der Waals surface area contributed by atoms with Crippen molar-refractivity contribution in [2.45, 2.75) is 40.2 Å². The lowest BCUT2D eigenvalue weighted by Crippen LogP contribution is -2.45. The highest BCUT2D eigenvalue weighted by Gasteiger charge is 2.35. The third-order valence-corrected chi connectivity index (χ3v) is 6.78. The minimum absolute atomic E-state index is 0.00308. The van der Waals surface area contributed by atoms with Gasteiger partial charge in [0.25, 0.3) is 5.91 Å². The Morgan fingerprint density at radius 2 is 2.00 bits per heavy atom. The van der Waals surface area contributed by atoms with E-state index in [9.17, 15) is 18.0 Å². The first-order valence-corrected chi connectivity index (χ1v) is 11.6. The zero-order chi connectivity index (χ0) is 21.3. The topological polar surface area (TPSA) is 93.9 Å². The summed E-state index contributed by atoms with van der Waals surface area (Å²) in [7, 11) is -3.10. The number of nitrogens with zero attached hydrogens (tertiary/aromatic N) is 1. The molecule has 1 saturated heterocycles. The fraction of sp³-hybridized carbons (Fsp3) is 0.524. The van der Waals surface area contributed by atoms with E-state index in [1.54, 1.807) is 24.0 Å². The van der Waals surface area contributed by atoms with Crippen LogP contribution in [0.5, 0.6) is 5.75 Å². The van der Waals surface area contributed by atoms with Crippen molar-refractivity contribution in [1.29, 1.82) is 0 Å². The van der Waals surface area contributed by atoms with Crippen molar-refractivity contribution in [3.05, 3.63) is 39.7 Å². The minimum Gasteiger partial charge on any atom is -0.483 e. The Morgan fingerprint density at radius 1 is 1.28 bits per heavy atom. The Balaban J connectivity index is 1.84. The summed E-state index contributed by atoms with van der Waals surface area (Å²) in [4.78, 5) is 26.2. The number of aryl methyl sites for hydroxylation is 2. The fourth-order valence-electron chi connectivity index (χ4n) is 3.78.